The van der Waals surface area contributed by atoms with E-state index in [9.17, 15) is 0 Å². The molecule has 0 atom stereocenters. The summed E-state index contributed by atoms with van der Waals surface area (Å²) in [4.78, 5) is 0. The summed E-state index contributed by atoms with van der Waals surface area (Å²) in [7, 11) is 0. The van der Waals surface area contributed by atoms with E-state index in [1.807, 2.05) is 31.2 Å². The van der Waals surface area contributed by atoms with Crippen LogP contribution in [0.5, 0.6) is 5.75 Å². The van der Waals surface area contributed by atoms with E-state index in [0.717, 1.165) is 16.7 Å². The number of benzene rings is 2. The van der Waals surface area contributed by atoms with E-state index in [0.29, 0.717) is 28.8 Å². The fraction of sp³-hybridized carbons (Fsp3) is 0.188. The van der Waals surface area contributed by atoms with Crippen molar-refractivity contribution in [2.45, 2.75) is 19.4 Å². The van der Waals surface area contributed by atoms with Crippen molar-refractivity contribution in [1.29, 1.82) is 5.26 Å². The summed E-state index contributed by atoms with van der Waals surface area (Å²) in [6.07, 6.45) is 0. The Kier molecular flexibility index (Phi) is 4.89. The van der Waals surface area contributed by atoms with Crippen LogP contribution in [-0.2, 0) is 12.5 Å². The minimum absolute atomic E-state index is 0.307. The molecule has 2 rings (SSSR count). The van der Waals surface area contributed by atoms with E-state index in [1.165, 1.54) is 0 Å². The topological polar surface area (TPSA) is 33.0 Å². The van der Waals surface area contributed by atoms with Crippen molar-refractivity contribution in [3.63, 3.8) is 0 Å². The first-order chi connectivity index (χ1) is 9.65. The summed E-state index contributed by atoms with van der Waals surface area (Å²) in [5, 5.41) is 9.45. The van der Waals surface area contributed by atoms with Crippen LogP contribution < -0.4 is 4.74 Å². The van der Waals surface area contributed by atoms with E-state index in [-0.39, 0.29) is 0 Å². The van der Waals surface area contributed by atoms with E-state index in [1.54, 1.807) is 12.1 Å². The average Bonchev–Trinajstić information content (AvgIpc) is 2.46. The van der Waals surface area contributed by atoms with Gasteiger partial charge < -0.3 is 4.74 Å². The molecule has 2 aromatic rings. The number of aryl methyl sites for hydroxylation is 1. The second-order valence-corrected chi connectivity index (χ2v) is 5.07. The number of nitriles is 1. The molecule has 0 N–H and O–H groups in total. The number of hydrogen-bond donors (Lipinski definition) is 0. The van der Waals surface area contributed by atoms with Gasteiger partial charge in [-0.25, -0.2) is 0 Å². The van der Waals surface area contributed by atoms with Crippen LogP contribution in [0.4, 0.5) is 0 Å². The van der Waals surface area contributed by atoms with Gasteiger partial charge in [-0.1, -0.05) is 23.7 Å². The zero-order valence-corrected chi connectivity index (χ0v) is 12.5. The summed E-state index contributed by atoms with van der Waals surface area (Å²) < 4.78 is 5.80. The molecule has 0 aromatic heterocycles. The van der Waals surface area contributed by atoms with Gasteiger partial charge in [0, 0.05) is 10.6 Å². The zero-order valence-electron chi connectivity index (χ0n) is 11.0. The molecular formula is C16H13Cl2NO. The zero-order chi connectivity index (χ0) is 14.5. The van der Waals surface area contributed by atoms with Gasteiger partial charge in [0.05, 0.1) is 17.5 Å². The molecule has 4 heteroatoms. The Labute approximate surface area is 128 Å². The molecule has 0 amide bonds. The molecular weight excluding hydrogens is 293 g/mol. The molecule has 2 aromatic carbocycles. The van der Waals surface area contributed by atoms with Gasteiger partial charge in [0.2, 0.25) is 0 Å². The molecule has 20 heavy (non-hydrogen) atoms. The quantitative estimate of drug-likeness (QED) is 0.757. The summed E-state index contributed by atoms with van der Waals surface area (Å²) >= 11 is 12.0. The van der Waals surface area contributed by atoms with Gasteiger partial charge in [-0.3, -0.25) is 0 Å². The highest BCUT2D eigenvalue weighted by Gasteiger charge is 2.08. The molecule has 2 nitrogen and oxygen atoms in total. The first-order valence-electron chi connectivity index (χ1n) is 6.11. The predicted octanol–water partition coefficient (Wildman–Crippen LogP) is 4.84. The number of halogens is 2. The first-order valence-corrected chi connectivity index (χ1v) is 7.02. The molecule has 0 saturated heterocycles. The number of ether oxygens (including phenoxy) is 1. The Morgan fingerprint density at radius 3 is 2.70 bits per heavy atom. The van der Waals surface area contributed by atoms with Gasteiger partial charge in [0.15, 0.2) is 0 Å². The minimum Gasteiger partial charge on any atom is -0.489 e. The Morgan fingerprint density at radius 2 is 2.05 bits per heavy atom. The van der Waals surface area contributed by atoms with E-state index in [2.05, 4.69) is 6.07 Å². The lowest BCUT2D eigenvalue weighted by Crippen LogP contribution is -2.00. The molecule has 0 aliphatic carbocycles. The van der Waals surface area contributed by atoms with Gasteiger partial charge in [-0.2, -0.15) is 5.26 Å². The third-order valence-electron chi connectivity index (χ3n) is 3.06. The Balaban J connectivity index is 2.17. The summed E-state index contributed by atoms with van der Waals surface area (Å²) in [5.74, 6) is 0.998. The van der Waals surface area contributed by atoms with Crippen LogP contribution in [0.3, 0.4) is 0 Å². The Bertz CT molecular complexity index is 662. The van der Waals surface area contributed by atoms with Crippen molar-refractivity contribution in [2.24, 2.45) is 0 Å². The van der Waals surface area contributed by atoms with Crippen LogP contribution in [0, 0.1) is 18.3 Å². The van der Waals surface area contributed by atoms with E-state index in [4.69, 9.17) is 33.2 Å². The molecule has 0 heterocycles. The summed E-state index contributed by atoms with van der Waals surface area (Å²) in [5.41, 5.74) is 3.50. The molecule has 0 radical (unpaired) electrons. The number of hydrogen-bond acceptors (Lipinski definition) is 2. The van der Waals surface area contributed by atoms with E-state index < -0.39 is 0 Å². The van der Waals surface area contributed by atoms with Gasteiger partial charge >= 0.3 is 0 Å². The van der Waals surface area contributed by atoms with Crippen LogP contribution >= 0.6 is 23.2 Å². The maximum Gasteiger partial charge on any atom is 0.125 e. The summed E-state index contributed by atoms with van der Waals surface area (Å²) in [6, 6.07) is 13.1. The van der Waals surface area contributed by atoms with Crippen LogP contribution in [0.2, 0.25) is 5.02 Å². The van der Waals surface area contributed by atoms with Crippen molar-refractivity contribution in [1.82, 2.24) is 0 Å². The Hall–Kier alpha value is -1.69. The predicted molar refractivity (Wildman–Crippen MR) is 81.2 cm³/mol. The molecule has 102 valence electrons. The van der Waals surface area contributed by atoms with Gasteiger partial charge in [-0.05, 0) is 42.3 Å². The maximum absolute atomic E-state index is 8.85. The molecule has 0 saturated carbocycles. The SMILES string of the molecule is Cc1cc(C#N)ccc1COc1cccc(Cl)c1CCl. The van der Waals surface area contributed by atoms with Gasteiger partial charge in [-0.15, -0.1) is 11.6 Å². The van der Waals surface area contributed by atoms with Crippen LogP contribution in [0.1, 0.15) is 22.3 Å². The molecule has 0 spiro atoms. The molecule has 0 aliphatic heterocycles. The highest BCUT2D eigenvalue weighted by molar-refractivity contribution is 6.32. The average molecular weight is 306 g/mol. The fourth-order valence-electron chi connectivity index (χ4n) is 1.89. The standard InChI is InChI=1S/C16H13Cl2NO/c1-11-7-12(9-19)5-6-13(11)10-20-16-4-2-3-15(18)14(16)8-17/h2-7H,8,10H2,1H3. The van der Waals surface area contributed by atoms with Crippen molar-refractivity contribution < 1.29 is 4.74 Å². The van der Waals surface area contributed by atoms with Crippen LogP contribution in [0.15, 0.2) is 36.4 Å². The van der Waals surface area contributed by atoms with Crippen molar-refractivity contribution in [3.05, 3.63) is 63.7 Å². The van der Waals surface area contributed by atoms with Crippen LogP contribution in [0.25, 0.3) is 0 Å². The lowest BCUT2D eigenvalue weighted by molar-refractivity contribution is 0.303. The third-order valence-corrected chi connectivity index (χ3v) is 3.69. The normalized spacial score (nSPS) is 10.1. The highest BCUT2D eigenvalue weighted by atomic mass is 35.5. The smallest absolute Gasteiger partial charge is 0.125 e. The molecule has 0 unspecified atom stereocenters. The summed E-state index contributed by atoms with van der Waals surface area (Å²) in [6.45, 7) is 2.38. The fourth-order valence-corrected chi connectivity index (χ4v) is 2.46. The monoisotopic (exact) mass is 305 g/mol. The molecule has 0 bridgehead atoms. The third kappa shape index (κ3) is 3.25. The lowest BCUT2D eigenvalue weighted by atomic mass is 10.1. The molecule has 0 aliphatic rings. The maximum atomic E-state index is 8.85. The first kappa shape index (κ1) is 14.7. The van der Waals surface area contributed by atoms with E-state index >= 15 is 0 Å². The Morgan fingerprint density at radius 1 is 1.25 bits per heavy atom. The molecule has 0 fully saturated rings. The lowest BCUT2D eigenvalue weighted by Gasteiger charge is -2.12. The van der Waals surface area contributed by atoms with Crippen LogP contribution in [-0.4, -0.2) is 0 Å². The number of rotatable bonds is 4. The van der Waals surface area contributed by atoms with Gasteiger partial charge in [0.25, 0.3) is 0 Å². The largest absolute Gasteiger partial charge is 0.489 e. The number of alkyl halides is 1. The number of nitrogens with zero attached hydrogens (tertiary/aromatic N) is 1. The minimum atomic E-state index is 0.307. The second-order valence-electron chi connectivity index (χ2n) is 4.39. The van der Waals surface area contributed by atoms with Crippen molar-refractivity contribution >= 4 is 23.2 Å². The highest BCUT2D eigenvalue weighted by Crippen LogP contribution is 2.28. The van der Waals surface area contributed by atoms with Crippen molar-refractivity contribution in [3.8, 4) is 11.8 Å². The van der Waals surface area contributed by atoms with Gasteiger partial charge in [0.1, 0.15) is 12.4 Å². The van der Waals surface area contributed by atoms with Crippen molar-refractivity contribution in [2.75, 3.05) is 0 Å². The second kappa shape index (κ2) is 6.65.